The van der Waals surface area contributed by atoms with E-state index in [0.29, 0.717) is 5.76 Å². The Kier molecular flexibility index (Phi) is 4.25. The van der Waals surface area contributed by atoms with Gasteiger partial charge in [0, 0.05) is 0 Å². The van der Waals surface area contributed by atoms with Gasteiger partial charge in [-0.05, 0) is 31.6 Å². The Balaban J connectivity index is 2.73. The molecule has 88 valence electrons. The number of aliphatic hydroxyl groups is 1. The first kappa shape index (κ1) is 12.4. The molecule has 0 radical (unpaired) electrons. The lowest BCUT2D eigenvalue weighted by Gasteiger charge is -2.13. The molecule has 0 aliphatic rings. The molecule has 16 heavy (non-hydrogen) atoms. The van der Waals surface area contributed by atoms with Crippen molar-refractivity contribution in [3.05, 3.63) is 35.6 Å². The third-order valence-electron chi connectivity index (χ3n) is 2.01. The van der Waals surface area contributed by atoms with Gasteiger partial charge < -0.3 is 14.8 Å². The molecular formula is C11H14FNO3. The topological polar surface area (TPSA) is 62.5 Å². The van der Waals surface area contributed by atoms with E-state index in [1.807, 2.05) is 0 Å². The van der Waals surface area contributed by atoms with E-state index in [1.54, 1.807) is 12.1 Å². The normalized spacial score (nSPS) is 12.0. The summed E-state index contributed by atoms with van der Waals surface area (Å²) < 4.78 is 18.2. The summed E-state index contributed by atoms with van der Waals surface area (Å²) in [7, 11) is 0. The van der Waals surface area contributed by atoms with Crippen molar-refractivity contribution in [3.63, 3.8) is 0 Å². The summed E-state index contributed by atoms with van der Waals surface area (Å²) in [6.45, 7) is 2.64. The van der Waals surface area contributed by atoms with Crippen LogP contribution in [0.3, 0.4) is 0 Å². The van der Waals surface area contributed by atoms with Gasteiger partial charge in [0.25, 0.3) is 5.91 Å². The lowest BCUT2D eigenvalue weighted by Crippen LogP contribution is -2.31. The summed E-state index contributed by atoms with van der Waals surface area (Å²) >= 11 is 0. The van der Waals surface area contributed by atoms with E-state index in [9.17, 15) is 9.18 Å². The van der Waals surface area contributed by atoms with E-state index < -0.39 is 17.8 Å². The first-order valence-corrected chi connectivity index (χ1v) is 4.84. The van der Waals surface area contributed by atoms with E-state index in [1.165, 1.54) is 20.1 Å². The second kappa shape index (κ2) is 5.46. The number of halogens is 1. The predicted octanol–water partition coefficient (Wildman–Crippen LogP) is 1.69. The molecule has 2 N–H and O–H groups in total. The van der Waals surface area contributed by atoms with E-state index in [2.05, 4.69) is 5.32 Å². The number of amides is 1. The number of carbonyl (C=O) groups excluding carboxylic acids is 1. The van der Waals surface area contributed by atoms with Gasteiger partial charge >= 0.3 is 0 Å². The number of carbonyl (C=O) groups is 1. The fourth-order valence-electron chi connectivity index (χ4n) is 1.14. The van der Waals surface area contributed by atoms with Crippen LogP contribution in [0.1, 0.15) is 25.6 Å². The van der Waals surface area contributed by atoms with Crippen LogP contribution in [0, 0.1) is 0 Å². The van der Waals surface area contributed by atoms with Crippen LogP contribution >= 0.6 is 0 Å². The number of allylic oxidation sites excluding steroid dienone is 1. The van der Waals surface area contributed by atoms with Gasteiger partial charge in [0.2, 0.25) is 0 Å². The van der Waals surface area contributed by atoms with Crippen molar-refractivity contribution >= 4 is 5.91 Å². The zero-order chi connectivity index (χ0) is 12.1. The minimum Gasteiger partial charge on any atom is -0.467 e. The van der Waals surface area contributed by atoms with Crippen LogP contribution in [0.5, 0.6) is 0 Å². The molecule has 1 aromatic rings. The monoisotopic (exact) mass is 227 g/mol. The van der Waals surface area contributed by atoms with Crippen molar-refractivity contribution in [2.45, 2.75) is 19.9 Å². The highest BCUT2D eigenvalue weighted by molar-refractivity contribution is 5.92. The van der Waals surface area contributed by atoms with E-state index in [-0.39, 0.29) is 12.2 Å². The minimum atomic E-state index is -0.851. The Morgan fingerprint density at radius 3 is 2.75 bits per heavy atom. The molecule has 1 amide bonds. The Morgan fingerprint density at radius 1 is 1.62 bits per heavy atom. The summed E-state index contributed by atoms with van der Waals surface area (Å²) in [5.41, 5.74) is 0.286. The first-order valence-electron chi connectivity index (χ1n) is 4.84. The Hall–Kier alpha value is -1.62. The van der Waals surface area contributed by atoms with Gasteiger partial charge in [0.05, 0.1) is 12.9 Å². The Bertz CT molecular complexity index is 380. The van der Waals surface area contributed by atoms with Crippen molar-refractivity contribution in [2.24, 2.45) is 0 Å². The van der Waals surface area contributed by atoms with Crippen LogP contribution in [0.15, 0.2) is 34.2 Å². The number of aliphatic hydroxyl groups excluding tert-OH is 1. The van der Waals surface area contributed by atoms with Gasteiger partial charge in [-0.25, -0.2) is 4.39 Å². The highest BCUT2D eigenvalue weighted by Gasteiger charge is 2.19. The molecule has 0 aromatic carbocycles. The Morgan fingerprint density at radius 2 is 2.31 bits per heavy atom. The minimum absolute atomic E-state index is 0.286. The molecule has 1 heterocycles. The van der Waals surface area contributed by atoms with Crippen molar-refractivity contribution < 1.29 is 18.7 Å². The van der Waals surface area contributed by atoms with Crippen molar-refractivity contribution in [1.29, 1.82) is 0 Å². The van der Waals surface area contributed by atoms with Gasteiger partial charge in [0.1, 0.15) is 11.8 Å². The van der Waals surface area contributed by atoms with E-state index in [0.717, 1.165) is 0 Å². The molecule has 0 bridgehead atoms. The van der Waals surface area contributed by atoms with Crippen molar-refractivity contribution in [3.8, 4) is 0 Å². The van der Waals surface area contributed by atoms with Crippen molar-refractivity contribution in [2.75, 3.05) is 6.61 Å². The first-order chi connectivity index (χ1) is 7.56. The molecule has 5 heteroatoms. The number of furan rings is 1. The third kappa shape index (κ3) is 2.93. The summed E-state index contributed by atoms with van der Waals surface area (Å²) in [5.74, 6) is -1.31. The smallest absolute Gasteiger partial charge is 0.280 e. The maximum absolute atomic E-state index is 13.2. The molecule has 1 aromatic heterocycles. The maximum atomic E-state index is 13.2. The van der Waals surface area contributed by atoms with E-state index >= 15 is 0 Å². The zero-order valence-corrected chi connectivity index (χ0v) is 9.16. The molecule has 0 saturated heterocycles. The van der Waals surface area contributed by atoms with Gasteiger partial charge in [-0.1, -0.05) is 0 Å². The van der Waals surface area contributed by atoms with Gasteiger partial charge in [0.15, 0.2) is 5.83 Å². The molecule has 1 rings (SSSR count). The fourth-order valence-corrected chi connectivity index (χ4v) is 1.14. The van der Waals surface area contributed by atoms with Crippen LogP contribution in [-0.4, -0.2) is 17.6 Å². The van der Waals surface area contributed by atoms with E-state index in [4.69, 9.17) is 9.52 Å². The molecule has 4 nitrogen and oxygen atoms in total. The summed E-state index contributed by atoms with van der Waals surface area (Å²) in [6, 6.07) is 2.50. The zero-order valence-electron chi connectivity index (χ0n) is 9.16. The molecule has 0 saturated carbocycles. The van der Waals surface area contributed by atoms with Gasteiger partial charge in [-0.2, -0.15) is 0 Å². The average molecular weight is 227 g/mol. The summed E-state index contributed by atoms with van der Waals surface area (Å²) in [4.78, 5) is 11.4. The molecule has 0 aliphatic carbocycles. The average Bonchev–Trinajstić information content (AvgIpc) is 2.77. The standard InChI is InChI=1S/C11H14FNO3/c1-7(2)10(12)11(15)13-8(6-14)9-4-3-5-16-9/h3-5,8,14H,6H2,1-2H3,(H,13,15). The number of nitrogens with one attached hydrogen (secondary N) is 1. The fraction of sp³-hybridized carbons (Fsp3) is 0.364. The lowest BCUT2D eigenvalue weighted by atomic mass is 10.2. The highest BCUT2D eigenvalue weighted by atomic mass is 19.1. The second-order valence-corrected chi connectivity index (χ2v) is 3.54. The highest BCUT2D eigenvalue weighted by Crippen LogP contribution is 2.14. The summed E-state index contributed by atoms with van der Waals surface area (Å²) in [6.07, 6.45) is 1.42. The van der Waals surface area contributed by atoms with Crippen LogP contribution in [0.25, 0.3) is 0 Å². The molecule has 1 unspecified atom stereocenters. The van der Waals surface area contributed by atoms with Crippen molar-refractivity contribution in [1.82, 2.24) is 5.32 Å². The molecule has 1 atom stereocenters. The predicted molar refractivity (Wildman–Crippen MR) is 56.2 cm³/mol. The van der Waals surface area contributed by atoms with Crippen LogP contribution < -0.4 is 5.32 Å². The van der Waals surface area contributed by atoms with Crippen LogP contribution in [0.4, 0.5) is 4.39 Å². The largest absolute Gasteiger partial charge is 0.467 e. The number of hydrogen-bond donors (Lipinski definition) is 2. The molecule has 0 fully saturated rings. The number of rotatable bonds is 4. The van der Waals surface area contributed by atoms with Gasteiger partial charge in [-0.15, -0.1) is 0 Å². The second-order valence-electron chi connectivity index (χ2n) is 3.54. The van der Waals surface area contributed by atoms with Crippen LogP contribution in [-0.2, 0) is 4.79 Å². The quantitative estimate of drug-likeness (QED) is 0.769. The molecule has 0 aliphatic heterocycles. The lowest BCUT2D eigenvalue weighted by molar-refractivity contribution is -0.120. The molecular weight excluding hydrogens is 213 g/mol. The Labute approximate surface area is 92.8 Å². The van der Waals surface area contributed by atoms with Gasteiger partial charge in [-0.3, -0.25) is 4.79 Å². The maximum Gasteiger partial charge on any atom is 0.280 e. The summed E-state index contributed by atoms with van der Waals surface area (Å²) in [5, 5.41) is 11.4. The van der Waals surface area contributed by atoms with Crippen LogP contribution in [0.2, 0.25) is 0 Å². The molecule has 0 spiro atoms. The third-order valence-corrected chi connectivity index (χ3v) is 2.01. The SMILES string of the molecule is CC(C)=C(F)C(=O)NC(CO)c1ccco1. The number of hydrogen-bond acceptors (Lipinski definition) is 3.